The van der Waals surface area contributed by atoms with Crippen LogP contribution in [-0.2, 0) is 4.79 Å². The zero-order valence-electron chi connectivity index (χ0n) is 14.3. The molecule has 3 aromatic rings. The minimum absolute atomic E-state index is 0.178. The van der Waals surface area contributed by atoms with Gasteiger partial charge in [0.25, 0.3) is 0 Å². The average Bonchev–Trinajstić information content (AvgIpc) is 2.70. The van der Waals surface area contributed by atoms with E-state index in [1.54, 1.807) is 0 Å². The number of hydrogen-bond donors (Lipinski definition) is 1. The molecule has 7 nitrogen and oxygen atoms in total. The molecule has 3 amide bonds. The Morgan fingerprint density at radius 1 is 0.926 bits per heavy atom. The van der Waals surface area contributed by atoms with E-state index in [2.05, 4.69) is 15.3 Å². The number of rotatable bonds is 4. The first-order chi connectivity index (χ1) is 13.2. The lowest BCUT2D eigenvalue weighted by atomic mass is 10.1. The van der Waals surface area contributed by atoms with Crippen LogP contribution >= 0.6 is 0 Å². The molecule has 2 heterocycles. The highest BCUT2D eigenvalue weighted by molar-refractivity contribution is 6.05. The maximum atomic E-state index is 11.9. The summed E-state index contributed by atoms with van der Waals surface area (Å²) < 4.78 is 5.73. The van der Waals surface area contributed by atoms with E-state index in [1.807, 2.05) is 54.6 Å². The van der Waals surface area contributed by atoms with Crippen LogP contribution in [0.15, 0.2) is 67.0 Å². The number of amides is 3. The van der Waals surface area contributed by atoms with Crippen LogP contribution in [0.25, 0.3) is 11.1 Å². The van der Waals surface area contributed by atoms with Crippen LogP contribution in [0.2, 0.25) is 0 Å². The van der Waals surface area contributed by atoms with Gasteiger partial charge in [0, 0.05) is 13.0 Å². The largest absolute Gasteiger partial charge is 0.424 e. The Kier molecular flexibility index (Phi) is 4.49. The predicted molar refractivity (Wildman–Crippen MR) is 99.5 cm³/mol. The van der Waals surface area contributed by atoms with E-state index >= 15 is 0 Å². The molecule has 7 heteroatoms. The number of imide groups is 1. The molecule has 134 valence electrons. The smallest absolute Gasteiger partial charge is 0.328 e. The Balaban J connectivity index is 1.49. The summed E-state index contributed by atoms with van der Waals surface area (Å²) in [7, 11) is 0. The topological polar surface area (TPSA) is 84.4 Å². The van der Waals surface area contributed by atoms with E-state index in [4.69, 9.17) is 4.74 Å². The first kappa shape index (κ1) is 16.7. The van der Waals surface area contributed by atoms with Crippen LogP contribution in [0, 0.1) is 0 Å². The first-order valence-corrected chi connectivity index (χ1v) is 8.46. The average molecular weight is 360 g/mol. The summed E-state index contributed by atoms with van der Waals surface area (Å²) in [6.45, 7) is 0.299. The van der Waals surface area contributed by atoms with Gasteiger partial charge in [-0.05, 0) is 23.3 Å². The molecule has 0 aliphatic carbocycles. The van der Waals surface area contributed by atoms with Gasteiger partial charge in [-0.2, -0.15) is 0 Å². The molecule has 1 aliphatic heterocycles. The van der Waals surface area contributed by atoms with Gasteiger partial charge in [0.15, 0.2) is 0 Å². The fourth-order valence-corrected chi connectivity index (χ4v) is 2.79. The number of anilines is 1. The van der Waals surface area contributed by atoms with Gasteiger partial charge in [0.2, 0.25) is 5.91 Å². The third-order valence-electron chi connectivity index (χ3n) is 4.13. The number of benzene rings is 2. The summed E-state index contributed by atoms with van der Waals surface area (Å²) in [6.07, 6.45) is 3.24. The van der Waals surface area contributed by atoms with E-state index in [9.17, 15) is 9.59 Å². The Morgan fingerprint density at radius 2 is 1.67 bits per heavy atom. The molecule has 1 fully saturated rings. The second-order valence-electron chi connectivity index (χ2n) is 5.97. The van der Waals surface area contributed by atoms with Crippen molar-refractivity contribution >= 4 is 17.6 Å². The molecule has 2 aromatic carbocycles. The molecule has 1 aromatic heterocycles. The highest BCUT2D eigenvalue weighted by Crippen LogP contribution is 2.26. The monoisotopic (exact) mass is 360 g/mol. The number of aromatic nitrogens is 2. The van der Waals surface area contributed by atoms with Crippen molar-refractivity contribution in [3.8, 4) is 22.9 Å². The fourth-order valence-electron chi connectivity index (χ4n) is 2.79. The maximum absolute atomic E-state index is 11.9. The molecule has 1 N–H and O–H groups in total. The highest BCUT2D eigenvalue weighted by Gasteiger charge is 2.24. The number of hydrogen-bond acceptors (Lipinski definition) is 5. The molecule has 0 spiro atoms. The molecular weight excluding hydrogens is 344 g/mol. The summed E-state index contributed by atoms with van der Waals surface area (Å²) in [5.41, 5.74) is 2.62. The zero-order chi connectivity index (χ0) is 18.6. The number of ether oxygens (including phenoxy) is 1. The summed E-state index contributed by atoms with van der Waals surface area (Å²) in [5, 5.41) is 2.27. The van der Waals surface area contributed by atoms with Gasteiger partial charge in [-0.25, -0.2) is 14.8 Å². The van der Waals surface area contributed by atoms with Crippen LogP contribution in [0.5, 0.6) is 11.8 Å². The number of nitrogens with zero attached hydrogens (tertiary/aromatic N) is 3. The van der Waals surface area contributed by atoms with Gasteiger partial charge in [-0.15, -0.1) is 0 Å². The second kappa shape index (κ2) is 7.25. The molecule has 1 saturated heterocycles. The van der Waals surface area contributed by atoms with Crippen molar-refractivity contribution in [3.05, 3.63) is 67.0 Å². The zero-order valence-corrected chi connectivity index (χ0v) is 14.3. The van der Waals surface area contributed by atoms with Crippen molar-refractivity contribution < 1.29 is 14.3 Å². The summed E-state index contributed by atoms with van der Waals surface area (Å²) in [6, 6.07) is 17.3. The van der Waals surface area contributed by atoms with Gasteiger partial charge < -0.3 is 4.74 Å². The molecule has 0 radical (unpaired) electrons. The van der Waals surface area contributed by atoms with Crippen LogP contribution < -0.4 is 15.0 Å². The number of carbonyl (C=O) groups is 2. The molecule has 0 saturated carbocycles. The van der Waals surface area contributed by atoms with Crippen molar-refractivity contribution in [2.45, 2.75) is 6.42 Å². The van der Waals surface area contributed by atoms with Crippen molar-refractivity contribution in [2.24, 2.45) is 0 Å². The third-order valence-corrected chi connectivity index (χ3v) is 4.13. The lowest BCUT2D eigenvalue weighted by Gasteiger charge is -2.25. The van der Waals surface area contributed by atoms with Crippen LogP contribution in [0.4, 0.5) is 10.5 Å². The van der Waals surface area contributed by atoms with Crippen molar-refractivity contribution in [1.29, 1.82) is 0 Å². The maximum Gasteiger partial charge on any atom is 0.328 e. The van der Waals surface area contributed by atoms with Crippen molar-refractivity contribution in [3.63, 3.8) is 0 Å². The lowest BCUT2D eigenvalue weighted by Crippen LogP contribution is -2.49. The van der Waals surface area contributed by atoms with Crippen LogP contribution in [0.3, 0.4) is 0 Å². The molecule has 0 atom stereocenters. The standard InChI is InChI=1S/C20H16N4O3/c25-18-9-10-24(20(26)23-18)16-12-21-19(22-13-16)27-17-8-4-7-15(11-17)14-5-2-1-3-6-14/h1-8,11-13H,9-10H2,(H,23,25,26). The Bertz CT molecular complexity index is 974. The number of urea groups is 1. The first-order valence-electron chi connectivity index (χ1n) is 8.46. The summed E-state index contributed by atoms with van der Waals surface area (Å²) >= 11 is 0. The summed E-state index contributed by atoms with van der Waals surface area (Å²) in [4.78, 5) is 32.8. The molecule has 0 bridgehead atoms. The van der Waals surface area contributed by atoms with Crippen LogP contribution in [0.1, 0.15) is 6.42 Å². The van der Waals surface area contributed by atoms with Gasteiger partial charge in [-0.1, -0.05) is 42.5 Å². The minimum atomic E-state index is -0.473. The Morgan fingerprint density at radius 3 is 2.41 bits per heavy atom. The highest BCUT2D eigenvalue weighted by atomic mass is 16.5. The summed E-state index contributed by atoms with van der Waals surface area (Å²) in [5.74, 6) is 0.334. The second-order valence-corrected chi connectivity index (χ2v) is 5.97. The third kappa shape index (κ3) is 3.77. The lowest BCUT2D eigenvalue weighted by molar-refractivity contribution is -0.120. The van der Waals surface area contributed by atoms with E-state index in [0.717, 1.165) is 11.1 Å². The van der Waals surface area contributed by atoms with E-state index in [1.165, 1.54) is 17.3 Å². The Labute approximate surface area is 155 Å². The van der Waals surface area contributed by atoms with Crippen LogP contribution in [-0.4, -0.2) is 28.5 Å². The SMILES string of the molecule is O=C1CCN(c2cnc(Oc3cccc(-c4ccccc4)c3)nc2)C(=O)N1. The number of nitrogens with one attached hydrogen (secondary N) is 1. The Hall–Kier alpha value is -3.74. The van der Waals surface area contributed by atoms with Gasteiger partial charge in [0.05, 0.1) is 18.1 Å². The normalized spacial score (nSPS) is 14.0. The fraction of sp³-hybridized carbons (Fsp3) is 0.100. The van der Waals surface area contributed by atoms with E-state index in [-0.39, 0.29) is 18.3 Å². The van der Waals surface area contributed by atoms with Crippen molar-refractivity contribution in [2.75, 3.05) is 11.4 Å². The molecular formula is C20H16N4O3. The van der Waals surface area contributed by atoms with Crippen molar-refractivity contribution in [1.82, 2.24) is 15.3 Å². The predicted octanol–water partition coefficient (Wildman–Crippen LogP) is 3.38. The molecule has 0 unspecified atom stereocenters. The van der Waals surface area contributed by atoms with E-state index in [0.29, 0.717) is 18.0 Å². The molecule has 4 rings (SSSR count). The van der Waals surface area contributed by atoms with E-state index < -0.39 is 6.03 Å². The molecule has 1 aliphatic rings. The number of carbonyl (C=O) groups excluding carboxylic acids is 2. The van der Waals surface area contributed by atoms with Gasteiger partial charge >= 0.3 is 12.0 Å². The van der Waals surface area contributed by atoms with Gasteiger partial charge in [-0.3, -0.25) is 15.0 Å². The quantitative estimate of drug-likeness (QED) is 0.771. The minimum Gasteiger partial charge on any atom is -0.424 e. The van der Waals surface area contributed by atoms with Gasteiger partial charge in [0.1, 0.15) is 5.75 Å². The molecule has 27 heavy (non-hydrogen) atoms.